The number of likely N-dealkylation sites (tertiary alicyclic amines) is 1. The molecule has 1 saturated heterocycles. The Labute approximate surface area is 123 Å². The van der Waals surface area contributed by atoms with Crippen LogP contribution in [0.4, 0.5) is 5.13 Å². The second-order valence-corrected chi connectivity index (χ2v) is 6.74. The molecule has 0 atom stereocenters. The van der Waals surface area contributed by atoms with Gasteiger partial charge in [-0.25, -0.2) is 4.98 Å². The monoisotopic (exact) mass is 295 g/mol. The van der Waals surface area contributed by atoms with Crippen LogP contribution in [0.2, 0.25) is 0 Å². The third-order valence-corrected chi connectivity index (χ3v) is 5.10. The molecule has 0 radical (unpaired) electrons. The highest BCUT2D eigenvalue weighted by Crippen LogP contribution is 2.44. The maximum atomic E-state index is 11.5. The molecule has 3 rings (SSSR count). The lowest BCUT2D eigenvalue weighted by Gasteiger charge is -2.46. The first-order valence-electron chi connectivity index (χ1n) is 7.19. The van der Waals surface area contributed by atoms with Crippen molar-refractivity contribution < 1.29 is 9.90 Å². The first-order valence-corrected chi connectivity index (χ1v) is 8.07. The predicted octanol–water partition coefficient (Wildman–Crippen LogP) is 1.47. The highest BCUT2D eigenvalue weighted by Gasteiger charge is 2.51. The second-order valence-electron chi connectivity index (χ2n) is 5.91. The summed E-state index contributed by atoms with van der Waals surface area (Å²) in [7, 11) is 0. The van der Waals surface area contributed by atoms with Gasteiger partial charge in [-0.3, -0.25) is 14.6 Å². The van der Waals surface area contributed by atoms with Gasteiger partial charge in [-0.2, -0.15) is 0 Å². The van der Waals surface area contributed by atoms with Gasteiger partial charge in [0.15, 0.2) is 5.13 Å². The van der Waals surface area contributed by atoms with Gasteiger partial charge in [0.1, 0.15) is 0 Å². The summed E-state index contributed by atoms with van der Waals surface area (Å²) in [6.07, 6.45) is 2.35. The number of carbonyl (C=O) groups is 1. The highest BCUT2D eigenvalue weighted by atomic mass is 32.1. The van der Waals surface area contributed by atoms with Crippen LogP contribution in [0.25, 0.3) is 0 Å². The number of hydrogen-bond acceptors (Lipinski definition) is 5. The zero-order chi connectivity index (χ0) is 14.3. The summed E-state index contributed by atoms with van der Waals surface area (Å²) in [6, 6.07) is 0. The van der Waals surface area contributed by atoms with Crippen molar-refractivity contribution >= 4 is 22.4 Å². The van der Waals surface area contributed by atoms with Crippen LogP contribution in [0.15, 0.2) is 5.38 Å². The first kappa shape index (κ1) is 14.0. The Morgan fingerprint density at radius 3 is 2.85 bits per heavy atom. The zero-order valence-corrected chi connectivity index (χ0v) is 12.8. The van der Waals surface area contributed by atoms with Crippen LogP contribution in [0.5, 0.6) is 0 Å². The van der Waals surface area contributed by atoms with Crippen LogP contribution < -0.4 is 4.90 Å². The number of carbonyl (C=O) groups excluding carboxylic acids is 1. The number of aromatic nitrogens is 1. The Balaban J connectivity index is 1.57. The summed E-state index contributed by atoms with van der Waals surface area (Å²) in [6.45, 7) is 6.45. The molecule has 1 amide bonds. The van der Waals surface area contributed by atoms with Crippen molar-refractivity contribution in [2.45, 2.75) is 38.8 Å². The minimum Gasteiger partial charge on any atom is -0.387 e. The van der Waals surface area contributed by atoms with Crippen LogP contribution in [0.3, 0.4) is 0 Å². The fourth-order valence-corrected chi connectivity index (χ4v) is 3.86. The quantitative estimate of drug-likeness (QED) is 0.894. The topological polar surface area (TPSA) is 56.7 Å². The molecule has 1 aliphatic heterocycles. The molecule has 1 aliphatic carbocycles. The summed E-state index contributed by atoms with van der Waals surface area (Å²) >= 11 is 1.51. The molecule has 0 spiro atoms. The van der Waals surface area contributed by atoms with Crippen molar-refractivity contribution in [3.05, 3.63) is 11.1 Å². The lowest BCUT2D eigenvalue weighted by Crippen LogP contribution is -2.62. The largest absolute Gasteiger partial charge is 0.387 e. The van der Waals surface area contributed by atoms with Gasteiger partial charge in [0.05, 0.1) is 11.3 Å². The van der Waals surface area contributed by atoms with Crippen molar-refractivity contribution in [2.75, 3.05) is 24.5 Å². The van der Waals surface area contributed by atoms with Crippen LogP contribution >= 0.6 is 11.3 Å². The predicted molar refractivity (Wildman–Crippen MR) is 78.8 cm³/mol. The van der Waals surface area contributed by atoms with Gasteiger partial charge in [0, 0.05) is 38.5 Å². The molecule has 2 fully saturated rings. The van der Waals surface area contributed by atoms with E-state index in [4.69, 9.17) is 0 Å². The van der Waals surface area contributed by atoms with E-state index in [1.165, 1.54) is 24.2 Å². The molecule has 2 heterocycles. The highest BCUT2D eigenvalue weighted by molar-refractivity contribution is 7.14. The van der Waals surface area contributed by atoms with Gasteiger partial charge in [-0.15, -0.1) is 11.3 Å². The van der Waals surface area contributed by atoms with E-state index in [2.05, 4.69) is 9.88 Å². The molecule has 5 nitrogen and oxygen atoms in total. The van der Waals surface area contributed by atoms with Crippen LogP contribution in [-0.4, -0.2) is 46.1 Å². The summed E-state index contributed by atoms with van der Waals surface area (Å²) < 4.78 is 0. The average molecular weight is 295 g/mol. The lowest BCUT2D eigenvalue weighted by atomic mass is 9.89. The lowest BCUT2D eigenvalue weighted by molar-refractivity contribution is -0.117. The molecular formula is C14H21N3O2S. The number of nitrogens with zero attached hydrogens (tertiary/aromatic N) is 3. The standard InChI is InChI=1S/C14H21N3O2S/c1-3-17(10(2)18)13-15-12(7-20-13)6-16-8-14(19,9-16)11-4-5-11/h7,11,19H,3-6,8-9H2,1-2H3. The SMILES string of the molecule is CCN(C(C)=O)c1nc(CN2CC(O)(C3CC3)C2)cs1. The van der Waals surface area contributed by atoms with Gasteiger partial charge >= 0.3 is 0 Å². The minimum absolute atomic E-state index is 0.0282. The van der Waals surface area contributed by atoms with Crippen LogP contribution in [0, 0.1) is 5.92 Å². The summed E-state index contributed by atoms with van der Waals surface area (Å²) in [5, 5.41) is 13.1. The Bertz CT molecular complexity index is 506. The molecular weight excluding hydrogens is 274 g/mol. The molecule has 2 aliphatic rings. The molecule has 0 aromatic carbocycles. The zero-order valence-electron chi connectivity index (χ0n) is 12.0. The van der Waals surface area contributed by atoms with E-state index in [9.17, 15) is 9.90 Å². The molecule has 1 aromatic heterocycles. The van der Waals surface area contributed by atoms with E-state index in [0.29, 0.717) is 12.5 Å². The molecule has 1 aromatic rings. The number of amides is 1. The van der Waals surface area contributed by atoms with Crippen molar-refractivity contribution in [3.63, 3.8) is 0 Å². The maximum Gasteiger partial charge on any atom is 0.225 e. The van der Waals surface area contributed by atoms with Gasteiger partial charge in [0.2, 0.25) is 5.91 Å². The Kier molecular flexibility index (Phi) is 3.56. The second kappa shape index (κ2) is 5.09. The number of rotatable bonds is 5. The van der Waals surface area contributed by atoms with E-state index in [0.717, 1.165) is 30.5 Å². The van der Waals surface area contributed by atoms with Crippen molar-refractivity contribution in [1.29, 1.82) is 0 Å². The molecule has 20 heavy (non-hydrogen) atoms. The first-order chi connectivity index (χ1) is 9.51. The van der Waals surface area contributed by atoms with E-state index in [1.807, 2.05) is 12.3 Å². The molecule has 1 N–H and O–H groups in total. The molecule has 1 saturated carbocycles. The van der Waals surface area contributed by atoms with Crippen molar-refractivity contribution in [2.24, 2.45) is 5.92 Å². The van der Waals surface area contributed by atoms with E-state index in [-0.39, 0.29) is 5.91 Å². The number of thiazole rings is 1. The Hall–Kier alpha value is -0.980. The number of β-amino-alcohol motifs (C(OH)–C–C–N with tert-alkyl or cyclic N) is 1. The average Bonchev–Trinajstić information content (AvgIpc) is 3.11. The third kappa shape index (κ3) is 2.60. The number of anilines is 1. The van der Waals surface area contributed by atoms with Gasteiger partial charge in [-0.05, 0) is 25.7 Å². The fourth-order valence-electron chi connectivity index (χ4n) is 2.93. The van der Waals surface area contributed by atoms with Gasteiger partial charge in [0.25, 0.3) is 0 Å². The Morgan fingerprint density at radius 2 is 2.30 bits per heavy atom. The van der Waals surface area contributed by atoms with E-state index < -0.39 is 5.60 Å². The number of aliphatic hydroxyl groups is 1. The van der Waals surface area contributed by atoms with Crippen molar-refractivity contribution in [3.8, 4) is 0 Å². The molecule has 6 heteroatoms. The maximum absolute atomic E-state index is 11.5. The van der Waals surface area contributed by atoms with Crippen molar-refractivity contribution in [1.82, 2.24) is 9.88 Å². The van der Waals surface area contributed by atoms with Gasteiger partial charge in [-0.1, -0.05) is 0 Å². The van der Waals surface area contributed by atoms with Crippen LogP contribution in [0.1, 0.15) is 32.4 Å². The summed E-state index contributed by atoms with van der Waals surface area (Å²) in [5.41, 5.74) is 0.552. The number of hydrogen-bond donors (Lipinski definition) is 1. The molecule has 0 unspecified atom stereocenters. The van der Waals surface area contributed by atoms with E-state index in [1.54, 1.807) is 11.8 Å². The summed E-state index contributed by atoms with van der Waals surface area (Å²) in [5.74, 6) is 0.554. The Morgan fingerprint density at radius 1 is 1.60 bits per heavy atom. The minimum atomic E-state index is -0.437. The summed E-state index contributed by atoms with van der Waals surface area (Å²) in [4.78, 5) is 19.9. The fraction of sp³-hybridized carbons (Fsp3) is 0.714. The normalized spacial score (nSPS) is 21.6. The molecule has 0 bridgehead atoms. The molecule has 110 valence electrons. The smallest absolute Gasteiger partial charge is 0.225 e. The van der Waals surface area contributed by atoms with Crippen LogP contribution in [-0.2, 0) is 11.3 Å². The van der Waals surface area contributed by atoms with Gasteiger partial charge < -0.3 is 5.11 Å². The third-order valence-electron chi connectivity index (χ3n) is 4.18. The van der Waals surface area contributed by atoms with E-state index >= 15 is 0 Å².